The van der Waals surface area contributed by atoms with Crippen molar-refractivity contribution in [3.63, 3.8) is 0 Å². The van der Waals surface area contributed by atoms with E-state index in [4.69, 9.17) is 4.74 Å². The van der Waals surface area contributed by atoms with Crippen LogP contribution in [0.1, 0.15) is 37.3 Å². The van der Waals surface area contributed by atoms with Crippen molar-refractivity contribution in [1.29, 1.82) is 0 Å². The minimum Gasteiger partial charge on any atom is -0.381 e. The number of carbonyl (C=O) groups is 1. The Morgan fingerprint density at radius 1 is 1.29 bits per heavy atom. The molecular formula is C15H21N3O3. The molecule has 0 bridgehead atoms. The average molecular weight is 291 g/mol. The summed E-state index contributed by atoms with van der Waals surface area (Å²) in [7, 11) is 0. The lowest BCUT2D eigenvalue weighted by atomic mass is 10.0. The molecule has 1 amide bonds. The van der Waals surface area contributed by atoms with E-state index in [9.17, 15) is 9.59 Å². The van der Waals surface area contributed by atoms with Crippen molar-refractivity contribution in [1.82, 2.24) is 15.1 Å². The molecule has 2 aliphatic rings. The fourth-order valence-electron chi connectivity index (χ4n) is 2.58. The first-order valence-electron chi connectivity index (χ1n) is 7.65. The standard InChI is InChI=1S/C15H21N3O3/c19-14(16-9-11-5-7-21-8-6-11)10-18-15(20)4-3-13(17-18)12-1-2-12/h3-4,11-12H,1-2,5-10H2,(H,16,19). The molecule has 114 valence electrons. The molecule has 0 atom stereocenters. The van der Waals surface area contributed by atoms with Crippen molar-refractivity contribution < 1.29 is 9.53 Å². The molecule has 2 fully saturated rings. The summed E-state index contributed by atoms with van der Waals surface area (Å²) in [5, 5.41) is 7.19. The normalized spacial score (nSPS) is 19.4. The summed E-state index contributed by atoms with van der Waals surface area (Å²) in [5.41, 5.74) is 0.701. The van der Waals surface area contributed by atoms with Gasteiger partial charge in [0.15, 0.2) is 0 Å². The number of aromatic nitrogens is 2. The maximum atomic E-state index is 12.0. The van der Waals surface area contributed by atoms with Crippen LogP contribution < -0.4 is 10.9 Å². The number of nitrogens with one attached hydrogen (secondary N) is 1. The third kappa shape index (κ3) is 3.91. The number of hydrogen-bond donors (Lipinski definition) is 1. The van der Waals surface area contributed by atoms with Gasteiger partial charge in [-0.25, -0.2) is 4.68 Å². The molecule has 1 aliphatic heterocycles. The molecule has 2 heterocycles. The maximum Gasteiger partial charge on any atom is 0.267 e. The van der Waals surface area contributed by atoms with Gasteiger partial charge in [0.2, 0.25) is 5.91 Å². The third-order valence-corrected chi connectivity index (χ3v) is 4.11. The topological polar surface area (TPSA) is 73.2 Å². The lowest BCUT2D eigenvalue weighted by Crippen LogP contribution is -2.37. The Balaban J connectivity index is 1.54. The first-order valence-corrected chi connectivity index (χ1v) is 7.65. The van der Waals surface area contributed by atoms with E-state index >= 15 is 0 Å². The van der Waals surface area contributed by atoms with E-state index < -0.39 is 0 Å². The highest BCUT2D eigenvalue weighted by atomic mass is 16.5. The largest absolute Gasteiger partial charge is 0.381 e. The number of amides is 1. The predicted molar refractivity (Wildman–Crippen MR) is 77.0 cm³/mol. The molecule has 6 nitrogen and oxygen atoms in total. The van der Waals surface area contributed by atoms with Crippen molar-refractivity contribution in [3.8, 4) is 0 Å². The van der Waals surface area contributed by atoms with Crippen LogP contribution in [0.2, 0.25) is 0 Å². The summed E-state index contributed by atoms with van der Waals surface area (Å²) in [4.78, 5) is 23.7. The van der Waals surface area contributed by atoms with Crippen LogP contribution in [0.25, 0.3) is 0 Å². The van der Waals surface area contributed by atoms with Crippen LogP contribution >= 0.6 is 0 Å². The summed E-state index contributed by atoms with van der Waals surface area (Å²) < 4.78 is 6.56. The number of rotatable bonds is 5. The Bertz CT molecular complexity index is 560. The van der Waals surface area contributed by atoms with Gasteiger partial charge in [0.05, 0.1) is 5.69 Å². The number of hydrogen-bond acceptors (Lipinski definition) is 4. The minimum absolute atomic E-state index is 0.00259. The molecule has 1 saturated heterocycles. The summed E-state index contributed by atoms with van der Waals surface area (Å²) in [6.45, 7) is 2.19. The highest BCUT2D eigenvalue weighted by Crippen LogP contribution is 2.38. The van der Waals surface area contributed by atoms with Gasteiger partial charge in [-0.15, -0.1) is 0 Å². The molecule has 0 radical (unpaired) electrons. The SMILES string of the molecule is O=C(Cn1nc(C2CC2)ccc1=O)NCC1CCOCC1. The van der Waals surface area contributed by atoms with Crippen molar-refractivity contribution in [2.24, 2.45) is 5.92 Å². The Kier molecular flexibility index (Phi) is 4.34. The third-order valence-electron chi connectivity index (χ3n) is 4.11. The zero-order valence-corrected chi connectivity index (χ0v) is 12.1. The van der Waals surface area contributed by atoms with Gasteiger partial charge in [-0.2, -0.15) is 5.10 Å². The van der Waals surface area contributed by atoms with Crippen molar-refractivity contribution in [2.45, 2.75) is 38.1 Å². The number of ether oxygens (including phenoxy) is 1. The fourth-order valence-corrected chi connectivity index (χ4v) is 2.58. The minimum atomic E-state index is -0.222. The molecule has 0 unspecified atom stereocenters. The van der Waals surface area contributed by atoms with Gasteiger partial charge in [0.25, 0.3) is 5.56 Å². The van der Waals surface area contributed by atoms with Gasteiger partial charge < -0.3 is 10.1 Å². The summed E-state index contributed by atoms with van der Waals surface area (Å²) in [5.74, 6) is 0.802. The van der Waals surface area contributed by atoms with Crippen LogP contribution in [-0.2, 0) is 16.1 Å². The second-order valence-electron chi connectivity index (χ2n) is 5.89. The highest BCUT2D eigenvalue weighted by molar-refractivity contribution is 5.75. The number of carbonyl (C=O) groups excluding carboxylic acids is 1. The Hall–Kier alpha value is -1.69. The Morgan fingerprint density at radius 3 is 2.76 bits per heavy atom. The predicted octanol–water partition coefficient (Wildman–Crippen LogP) is 0.663. The van der Waals surface area contributed by atoms with E-state index in [-0.39, 0.29) is 18.0 Å². The van der Waals surface area contributed by atoms with E-state index in [0.717, 1.165) is 44.6 Å². The van der Waals surface area contributed by atoms with E-state index in [1.54, 1.807) is 6.07 Å². The average Bonchev–Trinajstić information content (AvgIpc) is 3.33. The van der Waals surface area contributed by atoms with E-state index in [0.29, 0.717) is 18.4 Å². The molecule has 3 rings (SSSR count). The molecule has 21 heavy (non-hydrogen) atoms. The summed E-state index contributed by atoms with van der Waals surface area (Å²) >= 11 is 0. The maximum absolute atomic E-state index is 12.0. The van der Waals surface area contributed by atoms with Gasteiger partial charge in [0.1, 0.15) is 6.54 Å². The molecule has 0 aromatic carbocycles. The zero-order valence-electron chi connectivity index (χ0n) is 12.1. The van der Waals surface area contributed by atoms with Gasteiger partial charge in [-0.3, -0.25) is 9.59 Å². The quantitative estimate of drug-likeness (QED) is 0.865. The van der Waals surface area contributed by atoms with Gasteiger partial charge in [-0.1, -0.05) is 0 Å². The molecule has 1 N–H and O–H groups in total. The monoisotopic (exact) mass is 291 g/mol. The zero-order chi connectivity index (χ0) is 14.7. The molecular weight excluding hydrogens is 270 g/mol. The summed E-state index contributed by atoms with van der Waals surface area (Å²) in [6, 6.07) is 3.28. The first-order chi connectivity index (χ1) is 10.2. The van der Waals surface area contributed by atoms with Crippen LogP contribution in [0.4, 0.5) is 0 Å². The van der Waals surface area contributed by atoms with E-state index in [1.807, 2.05) is 0 Å². The van der Waals surface area contributed by atoms with Crippen LogP contribution in [0.15, 0.2) is 16.9 Å². The van der Waals surface area contributed by atoms with E-state index in [2.05, 4.69) is 10.4 Å². The molecule has 1 aliphatic carbocycles. The van der Waals surface area contributed by atoms with Crippen LogP contribution in [0.3, 0.4) is 0 Å². The fraction of sp³-hybridized carbons (Fsp3) is 0.667. The van der Waals surface area contributed by atoms with Gasteiger partial charge in [0, 0.05) is 31.7 Å². The molecule has 1 aromatic rings. The molecule has 1 saturated carbocycles. The molecule has 1 aromatic heterocycles. The lowest BCUT2D eigenvalue weighted by molar-refractivity contribution is -0.122. The first kappa shape index (κ1) is 14.3. The van der Waals surface area contributed by atoms with Crippen LogP contribution in [0, 0.1) is 5.92 Å². The van der Waals surface area contributed by atoms with Crippen molar-refractivity contribution >= 4 is 5.91 Å². The van der Waals surface area contributed by atoms with Crippen LogP contribution in [-0.4, -0.2) is 35.4 Å². The van der Waals surface area contributed by atoms with Crippen molar-refractivity contribution in [3.05, 3.63) is 28.2 Å². The van der Waals surface area contributed by atoms with Gasteiger partial charge >= 0.3 is 0 Å². The molecule has 0 spiro atoms. The van der Waals surface area contributed by atoms with Crippen LogP contribution in [0.5, 0.6) is 0 Å². The number of nitrogens with zero attached hydrogens (tertiary/aromatic N) is 2. The van der Waals surface area contributed by atoms with Crippen molar-refractivity contribution in [2.75, 3.05) is 19.8 Å². The smallest absolute Gasteiger partial charge is 0.267 e. The van der Waals surface area contributed by atoms with E-state index in [1.165, 1.54) is 10.7 Å². The Morgan fingerprint density at radius 2 is 2.05 bits per heavy atom. The lowest BCUT2D eigenvalue weighted by Gasteiger charge is -2.22. The Labute approximate surface area is 123 Å². The second kappa shape index (κ2) is 6.39. The molecule has 6 heteroatoms. The highest BCUT2D eigenvalue weighted by Gasteiger charge is 2.25. The van der Waals surface area contributed by atoms with Gasteiger partial charge in [-0.05, 0) is 37.7 Å². The second-order valence-corrected chi connectivity index (χ2v) is 5.89. The summed E-state index contributed by atoms with van der Waals surface area (Å²) in [6.07, 6.45) is 4.22.